The molecule has 0 aromatic heterocycles. The minimum atomic E-state index is -2.52. The van der Waals surface area contributed by atoms with Crippen molar-refractivity contribution in [3.05, 3.63) is 346 Å². The van der Waals surface area contributed by atoms with Gasteiger partial charge in [0.05, 0.1) is 31.2 Å². The fraction of sp³-hybridized carbons (Fsp3) is 0.0411. The molecule has 0 saturated carbocycles. The summed E-state index contributed by atoms with van der Waals surface area (Å²) in [5.74, 6) is 0. The van der Waals surface area contributed by atoms with Gasteiger partial charge in [0.15, 0.2) is 0 Å². The van der Waals surface area contributed by atoms with Gasteiger partial charge in [-0.2, -0.15) is 0 Å². The lowest BCUT2D eigenvalue weighted by Crippen LogP contribution is -2.25. The van der Waals surface area contributed by atoms with Crippen LogP contribution in [0.5, 0.6) is 0 Å². The van der Waals surface area contributed by atoms with Crippen molar-refractivity contribution in [2.75, 3.05) is 11.1 Å². The van der Waals surface area contributed by atoms with Crippen LogP contribution in [-0.4, -0.2) is 6.16 Å². The van der Waals surface area contributed by atoms with Gasteiger partial charge >= 0.3 is 0 Å². The second-order valence-electron chi connectivity index (χ2n) is 19.1. The summed E-state index contributed by atoms with van der Waals surface area (Å²) in [4.78, 5) is 2.32. The SMILES string of the molecule is C=C/C=C\C=C(/C)P(C/C=C\C=C/C)(=Nc1ccc(N(c2ccc(N=P(c3ccccc3)(c3ccccc3)c3ccccc3)cc2)c2ccc(N=P(c3ccccc3)(c3ccccc3)c3ccccc3)cc2)cc1)c1ccccc1. The molecule has 4 nitrogen and oxygen atoms in total. The van der Waals surface area contributed by atoms with Crippen molar-refractivity contribution in [3.8, 4) is 0 Å². The normalized spacial score (nSPS) is 12.8. The van der Waals surface area contributed by atoms with Gasteiger partial charge in [-0.3, -0.25) is 14.2 Å². The van der Waals surface area contributed by atoms with Gasteiger partial charge in [0.1, 0.15) is 0 Å². The summed E-state index contributed by atoms with van der Waals surface area (Å²) in [5, 5.41) is 9.64. The molecule has 0 aliphatic carbocycles. The molecule has 0 aliphatic rings. The van der Waals surface area contributed by atoms with E-state index in [1.165, 1.54) is 42.4 Å². The van der Waals surface area contributed by atoms with Gasteiger partial charge in [-0.25, -0.2) is 0 Å². The van der Waals surface area contributed by atoms with E-state index in [0.29, 0.717) is 0 Å². The Morgan fingerprint density at radius 2 is 0.662 bits per heavy atom. The predicted molar refractivity (Wildman–Crippen MR) is 353 cm³/mol. The molecular weight excluding hydrogens is 1030 g/mol. The average molecular weight is 1090 g/mol. The summed E-state index contributed by atoms with van der Waals surface area (Å²) >= 11 is 0. The monoisotopic (exact) mass is 1090 g/mol. The maximum atomic E-state index is 5.86. The first-order chi connectivity index (χ1) is 39.5. The molecule has 0 radical (unpaired) electrons. The summed E-state index contributed by atoms with van der Waals surface area (Å²) in [5.41, 5.74) is 5.71. The molecule has 80 heavy (non-hydrogen) atoms. The third-order valence-corrected chi connectivity index (χ3v) is 25.2. The van der Waals surface area contributed by atoms with Crippen molar-refractivity contribution in [1.82, 2.24) is 0 Å². The van der Waals surface area contributed by atoms with Gasteiger partial charge in [0.2, 0.25) is 0 Å². The van der Waals surface area contributed by atoms with Crippen LogP contribution in [0.3, 0.4) is 0 Å². The van der Waals surface area contributed by atoms with Gasteiger partial charge in [0.25, 0.3) is 0 Å². The van der Waals surface area contributed by atoms with E-state index in [9.17, 15) is 0 Å². The molecule has 7 heteroatoms. The van der Waals surface area contributed by atoms with E-state index in [-0.39, 0.29) is 0 Å². The lowest BCUT2D eigenvalue weighted by molar-refractivity contribution is 1.28. The van der Waals surface area contributed by atoms with Crippen LogP contribution in [0.4, 0.5) is 34.1 Å². The van der Waals surface area contributed by atoms with Gasteiger partial charge in [0, 0.05) is 62.1 Å². The van der Waals surface area contributed by atoms with Gasteiger partial charge in [-0.15, -0.1) is 0 Å². The molecule has 0 bridgehead atoms. The van der Waals surface area contributed by atoms with Crippen LogP contribution in [0.1, 0.15) is 13.8 Å². The highest BCUT2D eigenvalue weighted by molar-refractivity contribution is 7.88. The van der Waals surface area contributed by atoms with Gasteiger partial charge in [-0.1, -0.05) is 268 Å². The summed E-state index contributed by atoms with van der Waals surface area (Å²) in [6.45, 7) is 8.19. The zero-order chi connectivity index (χ0) is 54.9. The number of hydrogen-bond donors (Lipinski definition) is 0. The van der Waals surface area contributed by atoms with Crippen molar-refractivity contribution in [2.24, 2.45) is 14.2 Å². The zero-order valence-electron chi connectivity index (χ0n) is 45.3. The van der Waals surface area contributed by atoms with Gasteiger partial charge in [-0.05, 0) is 97.3 Å². The first-order valence-corrected chi connectivity index (χ1v) is 32.5. The molecule has 0 fully saturated rings. The van der Waals surface area contributed by atoms with Crippen LogP contribution in [-0.2, 0) is 0 Å². The smallest absolute Gasteiger partial charge is 0.0626 e. The summed E-state index contributed by atoms with van der Waals surface area (Å²) in [6, 6.07) is 102. The average Bonchev–Trinajstić information content (AvgIpc) is 3.53. The molecule has 0 saturated heterocycles. The largest absolute Gasteiger partial charge is 0.310 e. The number of allylic oxidation sites excluding steroid dienone is 9. The maximum Gasteiger partial charge on any atom is 0.0626 e. The number of nitrogens with zero attached hydrogens (tertiary/aromatic N) is 4. The standard InChI is InChI=1S/C73H65N4P3/c1-4-6-8-31-59-78(60(3)32-16-7-5-2,67-33-17-9-18-34-67)74-61-47-53-64(54-48-61)77(65-55-49-62(50-56-65)75-79(68-35-19-10-20-36-68,69-37-21-11-22-38-69)70-39-23-12-24-40-70)66-57-51-63(52-58-66)76-80(71-41-25-13-26-42-71,72-43-27-14-28-44-72)73-45-29-15-30-46-73/h4-58H,2,59H2,1,3H3/b6-4-,16-7-,31-8-,60-32+. The third-order valence-electron chi connectivity index (χ3n) is 14.1. The van der Waals surface area contributed by atoms with Crippen molar-refractivity contribution in [2.45, 2.75) is 13.8 Å². The number of anilines is 3. The molecule has 0 N–H and O–H groups in total. The summed E-state index contributed by atoms with van der Waals surface area (Å²) in [6.07, 6.45) is 17.4. The van der Waals surface area contributed by atoms with Crippen LogP contribution in [0.15, 0.2) is 360 Å². The van der Waals surface area contributed by atoms with Crippen LogP contribution in [0.2, 0.25) is 0 Å². The molecule has 0 aliphatic heterocycles. The molecule has 392 valence electrons. The van der Waals surface area contributed by atoms with E-state index in [1.807, 2.05) is 19.1 Å². The molecular formula is C73H65N4P3. The highest BCUT2D eigenvalue weighted by Gasteiger charge is 2.30. The Balaban J connectivity index is 1.14. The van der Waals surface area contributed by atoms with Crippen LogP contribution in [0.25, 0.3) is 0 Å². The molecule has 1 atom stereocenters. The second kappa shape index (κ2) is 26.4. The van der Waals surface area contributed by atoms with Crippen LogP contribution < -0.4 is 42.0 Å². The topological polar surface area (TPSA) is 40.3 Å². The molecule has 0 spiro atoms. The second-order valence-corrected chi connectivity index (χ2v) is 28.5. The lowest BCUT2D eigenvalue weighted by Gasteiger charge is -2.28. The van der Waals surface area contributed by atoms with Crippen molar-refractivity contribution in [3.63, 3.8) is 0 Å². The molecule has 0 amide bonds. The number of hydrogen-bond acceptors (Lipinski definition) is 4. The molecule has 0 heterocycles. The highest BCUT2D eigenvalue weighted by Crippen LogP contribution is 2.58. The predicted octanol–water partition coefficient (Wildman–Crippen LogP) is 18.7. The molecule has 10 aromatic rings. The number of benzene rings is 10. The Morgan fingerprint density at radius 3 is 0.963 bits per heavy atom. The van der Waals surface area contributed by atoms with E-state index >= 15 is 0 Å². The first-order valence-electron chi connectivity index (χ1n) is 27.1. The van der Waals surface area contributed by atoms with E-state index in [1.54, 1.807) is 0 Å². The van der Waals surface area contributed by atoms with Crippen LogP contribution in [0, 0.1) is 0 Å². The highest BCUT2D eigenvalue weighted by atomic mass is 31.2. The van der Waals surface area contributed by atoms with Gasteiger partial charge < -0.3 is 4.90 Å². The van der Waals surface area contributed by atoms with Crippen molar-refractivity contribution >= 4 is 92.4 Å². The first kappa shape index (κ1) is 54.7. The van der Waals surface area contributed by atoms with E-state index < -0.39 is 21.2 Å². The Hall–Kier alpha value is -8.61. The fourth-order valence-corrected chi connectivity index (χ4v) is 20.5. The third kappa shape index (κ3) is 12.0. The number of rotatable bonds is 19. The van der Waals surface area contributed by atoms with E-state index in [4.69, 9.17) is 14.2 Å². The quantitative estimate of drug-likeness (QED) is 0.0588. The molecule has 10 rings (SSSR count). The Labute approximate surface area is 474 Å². The fourth-order valence-electron chi connectivity index (χ4n) is 10.2. The zero-order valence-corrected chi connectivity index (χ0v) is 48.0. The Morgan fingerprint density at radius 1 is 0.362 bits per heavy atom. The van der Waals surface area contributed by atoms with E-state index in [0.717, 1.165) is 40.3 Å². The van der Waals surface area contributed by atoms with Crippen LogP contribution >= 0.6 is 21.2 Å². The Bertz CT molecular complexity index is 3530. The Kier molecular flexibility index (Phi) is 18.0. The molecule has 1 unspecified atom stereocenters. The minimum Gasteiger partial charge on any atom is -0.310 e. The summed E-state index contributed by atoms with van der Waals surface area (Å²) in [7, 11) is -7.36. The maximum absolute atomic E-state index is 5.86. The van der Waals surface area contributed by atoms with E-state index in [2.05, 4.69) is 340 Å². The van der Waals surface area contributed by atoms with Crippen molar-refractivity contribution < 1.29 is 0 Å². The minimum absolute atomic E-state index is 0.777. The molecule has 10 aromatic carbocycles. The van der Waals surface area contributed by atoms with Crippen molar-refractivity contribution in [1.29, 1.82) is 0 Å². The lowest BCUT2D eigenvalue weighted by atomic mass is 10.1. The summed E-state index contributed by atoms with van der Waals surface area (Å²) < 4.78 is 17.5.